The van der Waals surface area contributed by atoms with Crippen LogP contribution in [0.3, 0.4) is 0 Å². The fourth-order valence-corrected chi connectivity index (χ4v) is 3.26. The number of nitro groups is 1. The lowest BCUT2D eigenvalue weighted by molar-refractivity contribution is -0.384. The third kappa shape index (κ3) is 5.01. The molecule has 1 fully saturated rings. The van der Waals surface area contributed by atoms with Crippen LogP contribution in [0.2, 0.25) is 10.0 Å². The summed E-state index contributed by atoms with van der Waals surface area (Å²) in [4.78, 5) is 24.6. The second-order valence-electron chi connectivity index (χ2n) is 6.06. The summed E-state index contributed by atoms with van der Waals surface area (Å²) in [7, 11) is 0. The van der Waals surface area contributed by atoms with E-state index in [0.29, 0.717) is 29.5 Å². The third-order valence-electron chi connectivity index (χ3n) is 4.16. The lowest BCUT2D eigenvalue weighted by Gasteiger charge is -2.29. The fraction of sp³-hybridized carbons (Fsp3) is 0.211. The van der Waals surface area contributed by atoms with Gasteiger partial charge in [-0.25, -0.2) is 0 Å². The smallest absolute Gasteiger partial charge is 0.288 e. The van der Waals surface area contributed by atoms with Gasteiger partial charge in [0.2, 0.25) is 5.91 Å². The lowest BCUT2D eigenvalue weighted by atomic mass is 10.2. The van der Waals surface area contributed by atoms with Crippen LogP contribution in [-0.4, -0.2) is 37.1 Å². The molecule has 3 rings (SSSR count). The predicted molar refractivity (Wildman–Crippen MR) is 110 cm³/mol. The van der Waals surface area contributed by atoms with Gasteiger partial charge in [-0.3, -0.25) is 14.9 Å². The van der Waals surface area contributed by atoms with E-state index >= 15 is 0 Å². The van der Waals surface area contributed by atoms with Crippen molar-refractivity contribution in [2.45, 2.75) is 0 Å². The van der Waals surface area contributed by atoms with Crippen LogP contribution in [0.4, 0.5) is 17.1 Å². The molecule has 9 heteroatoms. The van der Waals surface area contributed by atoms with Crippen molar-refractivity contribution in [3.05, 3.63) is 68.2 Å². The number of morpholine rings is 1. The highest BCUT2D eigenvalue weighted by Gasteiger charge is 2.15. The molecular weight excluding hydrogens is 405 g/mol. The number of nitrogens with one attached hydrogen (secondary N) is 1. The normalized spacial score (nSPS) is 14.3. The topological polar surface area (TPSA) is 84.7 Å². The summed E-state index contributed by atoms with van der Waals surface area (Å²) in [6, 6.07) is 9.63. The van der Waals surface area contributed by atoms with Crippen LogP contribution < -0.4 is 10.2 Å². The number of nitro benzene ring substituents is 1. The molecule has 0 saturated carbocycles. The molecule has 0 aromatic heterocycles. The number of ether oxygens (including phenoxy) is 1. The van der Waals surface area contributed by atoms with Gasteiger partial charge in [0.1, 0.15) is 5.02 Å². The van der Waals surface area contributed by atoms with Gasteiger partial charge in [-0.1, -0.05) is 29.3 Å². The molecule has 1 aliphatic heterocycles. The van der Waals surface area contributed by atoms with E-state index in [0.717, 1.165) is 18.8 Å². The molecule has 28 heavy (non-hydrogen) atoms. The van der Waals surface area contributed by atoms with Gasteiger partial charge in [0.15, 0.2) is 0 Å². The van der Waals surface area contributed by atoms with Crippen molar-refractivity contribution >= 4 is 52.2 Å². The molecule has 7 nitrogen and oxygen atoms in total. The second-order valence-corrected chi connectivity index (χ2v) is 6.87. The minimum Gasteiger partial charge on any atom is -0.378 e. The molecule has 0 bridgehead atoms. The molecule has 1 N–H and O–H groups in total. The quantitative estimate of drug-likeness (QED) is 0.439. The maximum absolute atomic E-state index is 12.1. The van der Waals surface area contributed by atoms with Crippen molar-refractivity contribution in [2.75, 3.05) is 36.5 Å². The summed E-state index contributed by atoms with van der Waals surface area (Å²) in [5, 5.41) is 14.2. The zero-order valence-corrected chi connectivity index (χ0v) is 16.2. The van der Waals surface area contributed by atoms with Crippen LogP contribution in [0, 0.1) is 10.1 Å². The highest BCUT2D eigenvalue weighted by atomic mass is 35.5. The molecule has 2 aromatic carbocycles. The van der Waals surface area contributed by atoms with Gasteiger partial charge in [-0.15, -0.1) is 0 Å². The summed E-state index contributed by atoms with van der Waals surface area (Å²) >= 11 is 12.1. The van der Waals surface area contributed by atoms with Crippen molar-refractivity contribution in [2.24, 2.45) is 0 Å². The van der Waals surface area contributed by atoms with Gasteiger partial charge in [0.05, 0.1) is 28.8 Å². The predicted octanol–water partition coefficient (Wildman–Crippen LogP) is 4.39. The number of nitrogens with zero attached hydrogens (tertiary/aromatic N) is 2. The van der Waals surface area contributed by atoms with Crippen molar-refractivity contribution in [3.63, 3.8) is 0 Å². The number of carbonyl (C=O) groups excluding carboxylic acids is 1. The van der Waals surface area contributed by atoms with Crippen molar-refractivity contribution in [1.29, 1.82) is 0 Å². The maximum atomic E-state index is 12.1. The highest BCUT2D eigenvalue weighted by Crippen LogP contribution is 2.29. The van der Waals surface area contributed by atoms with Crippen LogP contribution in [0.15, 0.2) is 42.5 Å². The monoisotopic (exact) mass is 421 g/mol. The van der Waals surface area contributed by atoms with E-state index in [2.05, 4.69) is 10.2 Å². The summed E-state index contributed by atoms with van der Waals surface area (Å²) < 4.78 is 5.33. The number of hydrogen-bond donors (Lipinski definition) is 1. The minimum absolute atomic E-state index is 0.0431. The Hall–Kier alpha value is -2.61. The number of halogens is 2. The first-order valence-electron chi connectivity index (χ1n) is 8.49. The standard InChI is InChI=1S/C19H17Cl2N3O4/c20-15-4-1-13(11-18(15)24(26)27)2-6-19(25)22-14-3-5-17(16(21)12-14)23-7-9-28-10-8-23/h1-6,11-12H,7-10H2,(H,22,25). The minimum atomic E-state index is -0.572. The SMILES string of the molecule is O=C(C=Cc1ccc(Cl)c([N+](=O)[O-])c1)Nc1ccc(N2CCOCC2)c(Cl)c1. The van der Waals surface area contributed by atoms with Crippen molar-refractivity contribution in [3.8, 4) is 0 Å². The number of rotatable bonds is 5. The van der Waals surface area contributed by atoms with Gasteiger partial charge < -0.3 is 15.0 Å². The first-order chi connectivity index (χ1) is 13.4. The summed E-state index contributed by atoms with van der Waals surface area (Å²) in [5.74, 6) is -0.382. The molecule has 0 aliphatic carbocycles. The van der Waals surface area contributed by atoms with Crippen LogP contribution in [-0.2, 0) is 9.53 Å². The van der Waals surface area contributed by atoms with E-state index in [-0.39, 0.29) is 16.6 Å². The molecule has 1 saturated heterocycles. The Balaban J connectivity index is 1.66. The Bertz CT molecular complexity index is 927. The number of benzene rings is 2. The number of carbonyl (C=O) groups is 1. The Morgan fingerprint density at radius 1 is 1.14 bits per heavy atom. The van der Waals surface area contributed by atoms with E-state index in [1.807, 2.05) is 6.07 Å². The molecule has 1 heterocycles. The first-order valence-corrected chi connectivity index (χ1v) is 9.25. The van der Waals surface area contributed by atoms with Gasteiger partial charge in [-0.2, -0.15) is 0 Å². The van der Waals surface area contributed by atoms with Gasteiger partial charge in [-0.05, 0) is 35.9 Å². The number of amides is 1. The second kappa shape index (κ2) is 9.05. The van der Waals surface area contributed by atoms with E-state index in [1.54, 1.807) is 18.2 Å². The maximum Gasteiger partial charge on any atom is 0.288 e. The molecule has 146 valence electrons. The zero-order valence-electron chi connectivity index (χ0n) is 14.7. The average molecular weight is 422 g/mol. The van der Waals surface area contributed by atoms with Crippen LogP contribution in [0.1, 0.15) is 5.56 Å². The largest absolute Gasteiger partial charge is 0.378 e. The summed E-state index contributed by atoms with van der Waals surface area (Å²) in [6.45, 7) is 2.84. The van der Waals surface area contributed by atoms with Crippen LogP contribution in [0.5, 0.6) is 0 Å². The van der Waals surface area contributed by atoms with Gasteiger partial charge >= 0.3 is 0 Å². The molecule has 0 radical (unpaired) electrons. The Kier molecular flexibility index (Phi) is 6.51. The number of anilines is 2. The van der Waals surface area contributed by atoms with Crippen molar-refractivity contribution in [1.82, 2.24) is 0 Å². The Morgan fingerprint density at radius 3 is 2.57 bits per heavy atom. The fourth-order valence-electron chi connectivity index (χ4n) is 2.77. The summed E-state index contributed by atoms with van der Waals surface area (Å²) in [6.07, 6.45) is 2.76. The summed E-state index contributed by atoms with van der Waals surface area (Å²) in [5.41, 5.74) is 1.73. The van der Waals surface area contributed by atoms with Gasteiger partial charge in [0, 0.05) is 30.9 Å². The number of hydrogen-bond acceptors (Lipinski definition) is 5. The van der Waals surface area contributed by atoms with Crippen LogP contribution in [0.25, 0.3) is 6.08 Å². The van der Waals surface area contributed by atoms with Gasteiger partial charge in [0.25, 0.3) is 5.69 Å². The van der Waals surface area contributed by atoms with E-state index in [9.17, 15) is 14.9 Å². The Morgan fingerprint density at radius 2 is 1.89 bits per heavy atom. The van der Waals surface area contributed by atoms with Crippen LogP contribution >= 0.6 is 23.2 Å². The molecule has 0 unspecified atom stereocenters. The van der Waals surface area contributed by atoms with E-state index in [1.165, 1.54) is 24.3 Å². The molecule has 0 spiro atoms. The molecular formula is C19H17Cl2N3O4. The molecule has 2 aromatic rings. The molecule has 0 atom stereocenters. The average Bonchev–Trinajstić information content (AvgIpc) is 2.68. The van der Waals surface area contributed by atoms with E-state index in [4.69, 9.17) is 27.9 Å². The van der Waals surface area contributed by atoms with Crippen molar-refractivity contribution < 1.29 is 14.5 Å². The van der Waals surface area contributed by atoms with E-state index < -0.39 is 4.92 Å². The lowest BCUT2D eigenvalue weighted by Crippen LogP contribution is -2.36. The first kappa shape index (κ1) is 20.1. The molecule has 1 aliphatic rings. The Labute approximate surface area is 171 Å². The highest BCUT2D eigenvalue weighted by molar-refractivity contribution is 6.33. The third-order valence-corrected chi connectivity index (χ3v) is 4.78. The molecule has 1 amide bonds. The zero-order chi connectivity index (χ0) is 20.1.